The van der Waals surface area contributed by atoms with Crippen LogP contribution in [0.5, 0.6) is 0 Å². The van der Waals surface area contributed by atoms with Crippen LogP contribution in [0.3, 0.4) is 0 Å². The van der Waals surface area contributed by atoms with Gasteiger partial charge < -0.3 is 5.73 Å². The molecule has 0 amide bonds. The monoisotopic (exact) mass is 295 g/mol. The third-order valence-corrected chi connectivity index (χ3v) is 2.64. The van der Waals surface area contributed by atoms with Gasteiger partial charge in [0.05, 0.1) is 12.9 Å². The summed E-state index contributed by atoms with van der Waals surface area (Å²) in [6.45, 7) is 2.07. The van der Waals surface area contributed by atoms with Gasteiger partial charge in [-0.1, -0.05) is 0 Å². The van der Waals surface area contributed by atoms with E-state index in [9.17, 15) is 4.79 Å². The maximum Gasteiger partial charge on any atom is 0.268 e. The Bertz CT molecular complexity index is 590. The highest BCUT2D eigenvalue weighted by Crippen LogP contribution is 2.04. The maximum absolute atomic E-state index is 11.7. The Hall–Kier alpha value is -1.76. The maximum atomic E-state index is 11.7. The third kappa shape index (κ3) is 2.68. The van der Waals surface area contributed by atoms with Crippen molar-refractivity contribution < 1.29 is 0 Å². The topological polar surface area (TPSA) is 86.7 Å². The van der Waals surface area contributed by atoms with Crippen LogP contribution < -0.4 is 11.3 Å². The lowest BCUT2D eigenvalue weighted by Gasteiger charge is -2.05. The number of aryl methyl sites for hydroxylation is 1. The van der Waals surface area contributed by atoms with E-state index in [1.807, 2.05) is 6.92 Å². The molecule has 17 heavy (non-hydrogen) atoms. The molecule has 0 spiro atoms. The molecule has 2 aromatic heterocycles. The second-order valence-electron chi connectivity index (χ2n) is 3.53. The lowest BCUT2D eigenvalue weighted by molar-refractivity contribution is 0.691. The smallest absolute Gasteiger partial charge is 0.268 e. The van der Waals surface area contributed by atoms with Crippen LogP contribution in [-0.4, -0.2) is 19.5 Å². The van der Waals surface area contributed by atoms with Gasteiger partial charge in [-0.05, 0) is 22.9 Å². The molecule has 0 radical (unpaired) electrons. The standard InChI is InChI=1S/C10H10BrN5O/c1-6-2-8(12)15-9(14-6)4-16-5-13-3-7(11)10(16)17/h2-3,5H,4H2,1H3,(H2,12,14,15). The van der Waals surface area contributed by atoms with Crippen molar-refractivity contribution in [2.45, 2.75) is 13.5 Å². The fourth-order valence-corrected chi connectivity index (χ4v) is 1.76. The number of nitrogens with two attached hydrogens (primary N) is 1. The highest BCUT2D eigenvalue weighted by Gasteiger charge is 2.05. The Morgan fingerprint density at radius 2 is 2.24 bits per heavy atom. The molecule has 0 aliphatic carbocycles. The molecule has 2 heterocycles. The summed E-state index contributed by atoms with van der Waals surface area (Å²) in [6, 6.07) is 1.67. The molecule has 0 bridgehead atoms. The number of hydrogen-bond acceptors (Lipinski definition) is 5. The first-order valence-electron chi connectivity index (χ1n) is 4.86. The van der Waals surface area contributed by atoms with E-state index in [-0.39, 0.29) is 12.1 Å². The van der Waals surface area contributed by atoms with Crippen LogP contribution in [0, 0.1) is 6.92 Å². The van der Waals surface area contributed by atoms with Crippen molar-refractivity contribution >= 4 is 21.7 Å². The van der Waals surface area contributed by atoms with Gasteiger partial charge in [0, 0.05) is 18.0 Å². The minimum atomic E-state index is -0.177. The van der Waals surface area contributed by atoms with Crippen LogP contribution in [0.15, 0.2) is 27.9 Å². The van der Waals surface area contributed by atoms with Crippen LogP contribution in [0.4, 0.5) is 5.82 Å². The van der Waals surface area contributed by atoms with Gasteiger partial charge in [-0.15, -0.1) is 0 Å². The summed E-state index contributed by atoms with van der Waals surface area (Å²) in [6.07, 6.45) is 2.89. The third-order valence-electron chi connectivity index (χ3n) is 2.09. The van der Waals surface area contributed by atoms with E-state index in [0.717, 1.165) is 5.69 Å². The highest BCUT2D eigenvalue weighted by atomic mass is 79.9. The molecule has 88 valence electrons. The summed E-state index contributed by atoms with van der Waals surface area (Å²) in [7, 11) is 0. The Labute approximate surface area is 106 Å². The van der Waals surface area contributed by atoms with Crippen LogP contribution in [0.25, 0.3) is 0 Å². The predicted molar refractivity (Wildman–Crippen MR) is 66.5 cm³/mol. The number of rotatable bonds is 2. The molecule has 2 N–H and O–H groups in total. The molecule has 0 aliphatic rings. The molecular weight excluding hydrogens is 286 g/mol. The molecule has 0 atom stereocenters. The van der Waals surface area contributed by atoms with Crippen molar-refractivity contribution in [2.75, 3.05) is 5.73 Å². The number of hydrogen-bond donors (Lipinski definition) is 1. The van der Waals surface area contributed by atoms with Crippen molar-refractivity contribution in [3.63, 3.8) is 0 Å². The molecule has 6 nitrogen and oxygen atoms in total. The average molecular weight is 296 g/mol. The van der Waals surface area contributed by atoms with Crippen LogP contribution in [0.1, 0.15) is 11.5 Å². The summed E-state index contributed by atoms with van der Waals surface area (Å²) >= 11 is 3.13. The van der Waals surface area contributed by atoms with Gasteiger partial charge in [0.1, 0.15) is 10.3 Å². The van der Waals surface area contributed by atoms with Crippen LogP contribution in [0.2, 0.25) is 0 Å². The fourth-order valence-electron chi connectivity index (χ4n) is 1.42. The van der Waals surface area contributed by atoms with Crippen molar-refractivity contribution in [3.05, 3.63) is 44.9 Å². The first-order valence-corrected chi connectivity index (χ1v) is 5.65. The van der Waals surface area contributed by atoms with E-state index in [2.05, 4.69) is 30.9 Å². The molecule has 0 fully saturated rings. The molecule has 0 saturated carbocycles. The first kappa shape index (κ1) is 11.7. The Morgan fingerprint density at radius 3 is 2.94 bits per heavy atom. The van der Waals surface area contributed by atoms with Gasteiger partial charge >= 0.3 is 0 Å². The lowest BCUT2D eigenvalue weighted by Crippen LogP contribution is -2.22. The largest absolute Gasteiger partial charge is 0.384 e. The molecular formula is C10H10BrN5O. The Kier molecular flexibility index (Phi) is 3.19. The fraction of sp³-hybridized carbons (Fsp3) is 0.200. The van der Waals surface area contributed by atoms with Gasteiger partial charge in [0.25, 0.3) is 5.56 Å². The lowest BCUT2D eigenvalue weighted by atomic mass is 10.4. The van der Waals surface area contributed by atoms with Crippen LogP contribution >= 0.6 is 15.9 Å². The van der Waals surface area contributed by atoms with E-state index in [0.29, 0.717) is 16.1 Å². The first-order chi connectivity index (χ1) is 8.06. The zero-order valence-corrected chi connectivity index (χ0v) is 10.7. The minimum absolute atomic E-state index is 0.177. The van der Waals surface area contributed by atoms with Crippen molar-refractivity contribution in [2.24, 2.45) is 0 Å². The zero-order chi connectivity index (χ0) is 12.4. The van der Waals surface area contributed by atoms with E-state index in [4.69, 9.17) is 5.73 Å². The number of nitrogen functional groups attached to an aromatic ring is 1. The summed E-state index contributed by atoms with van der Waals surface area (Å²) in [5.74, 6) is 0.882. The molecule has 0 unspecified atom stereocenters. The second-order valence-corrected chi connectivity index (χ2v) is 4.38. The molecule has 0 aliphatic heterocycles. The number of aromatic nitrogens is 4. The summed E-state index contributed by atoms with van der Waals surface area (Å²) < 4.78 is 1.82. The number of halogens is 1. The van der Waals surface area contributed by atoms with E-state index in [1.54, 1.807) is 6.07 Å². The van der Waals surface area contributed by atoms with Gasteiger partial charge in [-0.3, -0.25) is 9.36 Å². The molecule has 0 aromatic carbocycles. The summed E-state index contributed by atoms with van der Waals surface area (Å²) in [5, 5.41) is 0. The van der Waals surface area contributed by atoms with Crippen LogP contribution in [-0.2, 0) is 6.54 Å². The van der Waals surface area contributed by atoms with Crippen molar-refractivity contribution in [3.8, 4) is 0 Å². The average Bonchev–Trinajstić information content (AvgIpc) is 2.23. The summed E-state index contributed by atoms with van der Waals surface area (Å²) in [5.41, 5.74) is 6.21. The SMILES string of the molecule is Cc1cc(N)nc(Cn2cncc(Br)c2=O)n1. The normalized spacial score (nSPS) is 10.5. The predicted octanol–water partition coefficient (Wildman–Crippen LogP) is 0.735. The van der Waals surface area contributed by atoms with E-state index >= 15 is 0 Å². The second kappa shape index (κ2) is 4.62. The van der Waals surface area contributed by atoms with E-state index in [1.165, 1.54) is 17.1 Å². The van der Waals surface area contributed by atoms with Crippen molar-refractivity contribution in [1.29, 1.82) is 0 Å². The zero-order valence-electron chi connectivity index (χ0n) is 9.09. The van der Waals surface area contributed by atoms with Crippen molar-refractivity contribution in [1.82, 2.24) is 19.5 Å². The Balaban J connectivity index is 2.38. The minimum Gasteiger partial charge on any atom is -0.384 e. The quantitative estimate of drug-likeness (QED) is 0.883. The molecule has 7 heteroatoms. The molecule has 0 saturated heterocycles. The molecule has 2 rings (SSSR count). The highest BCUT2D eigenvalue weighted by molar-refractivity contribution is 9.10. The van der Waals surface area contributed by atoms with Gasteiger partial charge in [0.15, 0.2) is 5.82 Å². The number of anilines is 1. The Morgan fingerprint density at radius 1 is 1.47 bits per heavy atom. The van der Waals surface area contributed by atoms with E-state index < -0.39 is 0 Å². The number of nitrogens with zero attached hydrogens (tertiary/aromatic N) is 4. The van der Waals surface area contributed by atoms with Gasteiger partial charge in [-0.2, -0.15) is 0 Å². The van der Waals surface area contributed by atoms with Gasteiger partial charge in [0.2, 0.25) is 0 Å². The molecule has 2 aromatic rings. The van der Waals surface area contributed by atoms with Gasteiger partial charge in [-0.25, -0.2) is 15.0 Å². The summed E-state index contributed by atoms with van der Waals surface area (Å²) in [4.78, 5) is 23.9.